The van der Waals surface area contributed by atoms with Gasteiger partial charge in [-0.25, -0.2) is 0 Å². The van der Waals surface area contributed by atoms with Gasteiger partial charge in [-0.2, -0.15) is 4.98 Å². The number of amides is 1. The fraction of sp³-hybridized carbons (Fsp3) is 0.118. The van der Waals surface area contributed by atoms with Gasteiger partial charge < -0.3 is 9.84 Å². The number of nitrogens with one attached hydrogen (secondary N) is 1. The molecule has 1 N–H and O–H groups in total. The third-order valence-corrected chi connectivity index (χ3v) is 3.64. The molecule has 0 unspecified atom stereocenters. The van der Waals surface area contributed by atoms with Gasteiger partial charge in [0.05, 0.1) is 10.6 Å². The smallest absolute Gasteiger partial charge is 0.253 e. The van der Waals surface area contributed by atoms with Gasteiger partial charge in [0.25, 0.3) is 5.91 Å². The summed E-state index contributed by atoms with van der Waals surface area (Å²) >= 11 is 6.02. The Labute approximate surface area is 138 Å². The van der Waals surface area contributed by atoms with Crippen molar-refractivity contribution in [2.45, 2.75) is 13.0 Å². The normalized spacial score (nSPS) is 11.9. The molecule has 5 nitrogen and oxygen atoms in total. The van der Waals surface area contributed by atoms with E-state index >= 15 is 0 Å². The number of carbonyl (C=O) groups is 1. The van der Waals surface area contributed by atoms with Crippen molar-refractivity contribution in [2.75, 3.05) is 0 Å². The molecule has 0 aliphatic rings. The van der Waals surface area contributed by atoms with E-state index in [4.69, 9.17) is 16.1 Å². The van der Waals surface area contributed by atoms with Crippen molar-refractivity contribution >= 4 is 17.5 Å². The molecule has 0 saturated heterocycles. The summed E-state index contributed by atoms with van der Waals surface area (Å²) in [5.74, 6) is 0.534. The standard InChI is InChI=1S/C17H14ClN3O2/c1-11(19-16(22)13-9-5-6-10-14(13)18)17-20-15(21-23-17)12-7-3-2-4-8-12/h2-11H,1H3,(H,19,22)/t11-/m0/s1. The van der Waals surface area contributed by atoms with E-state index in [1.54, 1.807) is 31.2 Å². The summed E-state index contributed by atoms with van der Waals surface area (Å²) in [6.45, 7) is 1.77. The van der Waals surface area contributed by atoms with E-state index in [2.05, 4.69) is 15.5 Å². The average Bonchev–Trinajstić information content (AvgIpc) is 3.06. The van der Waals surface area contributed by atoms with Crippen molar-refractivity contribution in [3.05, 3.63) is 71.1 Å². The van der Waals surface area contributed by atoms with Crippen LogP contribution in [0.4, 0.5) is 0 Å². The van der Waals surface area contributed by atoms with Crippen LogP contribution in [0, 0.1) is 0 Å². The number of hydrogen-bond acceptors (Lipinski definition) is 4. The molecule has 1 heterocycles. The first-order chi connectivity index (χ1) is 11.1. The van der Waals surface area contributed by atoms with Crippen LogP contribution in [0.3, 0.4) is 0 Å². The van der Waals surface area contributed by atoms with Gasteiger partial charge in [0.2, 0.25) is 11.7 Å². The van der Waals surface area contributed by atoms with Gasteiger partial charge in [-0.15, -0.1) is 0 Å². The number of rotatable bonds is 4. The Morgan fingerprint density at radius 1 is 1.13 bits per heavy atom. The molecule has 23 heavy (non-hydrogen) atoms. The lowest BCUT2D eigenvalue weighted by Gasteiger charge is -2.10. The summed E-state index contributed by atoms with van der Waals surface area (Å²) in [6, 6.07) is 15.9. The Balaban J connectivity index is 1.74. The molecule has 0 radical (unpaired) electrons. The monoisotopic (exact) mass is 327 g/mol. The zero-order valence-corrected chi connectivity index (χ0v) is 13.1. The van der Waals surface area contributed by atoms with E-state index in [0.29, 0.717) is 22.3 Å². The fourth-order valence-electron chi connectivity index (χ4n) is 2.10. The van der Waals surface area contributed by atoms with Gasteiger partial charge >= 0.3 is 0 Å². The van der Waals surface area contributed by atoms with Crippen LogP contribution in [0.2, 0.25) is 5.02 Å². The minimum absolute atomic E-state index is 0.289. The van der Waals surface area contributed by atoms with Crippen LogP contribution in [-0.4, -0.2) is 16.0 Å². The van der Waals surface area contributed by atoms with Crippen molar-refractivity contribution in [1.82, 2.24) is 15.5 Å². The summed E-state index contributed by atoms with van der Waals surface area (Å²) in [7, 11) is 0. The van der Waals surface area contributed by atoms with Gasteiger partial charge in [-0.3, -0.25) is 4.79 Å². The fourth-order valence-corrected chi connectivity index (χ4v) is 2.32. The molecule has 1 amide bonds. The van der Waals surface area contributed by atoms with E-state index in [-0.39, 0.29) is 5.91 Å². The first-order valence-corrected chi connectivity index (χ1v) is 7.47. The molecule has 1 aromatic heterocycles. The van der Waals surface area contributed by atoms with Crippen LogP contribution in [0.5, 0.6) is 0 Å². The van der Waals surface area contributed by atoms with E-state index in [0.717, 1.165) is 5.56 Å². The van der Waals surface area contributed by atoms with Crippen LogP contribution >= 0.6 is 11.6 Å². The highest BCUT2D eigenvalue weighted by Gasteiger charge is 2.19. The topological polar surface area (TPSA) is 68.0 Å². The van der Waals surface area contributed by atoms with Crippen LogP contribution in [-0.2, 0) is 0 Å². The second-order valence-corrected chi connectivity index (χ2v) is 5.40. The molecule has 0 bridgehead atoms. The molecule has 0 aliphatic heterocycles. The van der Waals surface area contributed by atoms with Gasteiger partial charge in [0, 0.05) is 5.56 Å². The van der Waals surface area contributed by atoms with Crippen LogP contribution in [0.25, 0.3) is 11.4 Å². The molecular weight excluding hydrogens is 314 g/mol. The molecule has 0 saturated carbocycles. The van der Waals surface area contributed by atoms with Crippen LogP contribution in [0.1, 0.15) is 29.2 Å². The largest absolute Gasteiger partial charge is 0.340 e. The van der Waals surface area contributed by atoms with Gasteiger partial charge in [-0.1, -0.05) is 59.2 Å². The molecular formula is C17H14ClN3O2. The maximum absolute atomic E-state index is 12.2. The first-order valence-electron chi connectivity index (χ1n) is 7.09. The minimum atomic E-state index is -0.427. The summed E-state index contributed by atoms with van der Waals surface area (Å²) in [5.41, 5.74) is 1.26. The van der Waals surface area contributed by atoms with Gasteiger partial charge in [0.1, 0.15) is 6.04 Å². The van der Waals surface area contributed by atoms with Gasteiger partial charge in [0.15, 0.2) is 0 Å². The Morgan fingerprint density at radius 2 is 1.83 bits per heavy atom. The summed E-state index contributed by atoms with van der Waals surface area (Å²) < 4.78 is 5.24. The number of benzene rings is 2. The third-order valence-electron chi connectivity index (χ3n) is 3.31. The molecule has 116 valence electrons. The molecule has 2 aromatic carbocycles. The molecule has 3 rings (SSSR count). The third kappa shape index (κ3) is 3.40. The Bertz CT molecular complexity index is 817. The lowest BCUT2D eigenvalue weighted by atomic mass is 10.2. The molecule has 0 aliphatic carbocycles. The van der Waals surface area contributed by atoms with Crippen molar-refractivity contribution < 1.29 is 9.32 Å². The van der Waals surface area contributed by atoms with E-state index in [9.17, 15) is 4.79 Å². The van der Waals surface area contributed by atoms with E-state index in [1.165, 1.54) is 0 Å². The van der Waals surface area contributed by atoms with E-state index < -0.39 is 6.04 Å². The number of carbonyl (C=O) groups excluding carboxylic acids is 1. The highest BCUT2D eigenvalue weighted by molar-refractivity contribution is 6.33. The molecule has 1 atom stereocenters. The maximum Gasteiger partial charge on any atom is 0.253 e. The number of halogens is 1. The average molecular weight is 328 g/mol. The van der Waals surface area contributed by atoms with Crippen LogP contribution < -0.4 is 5.32 Å². The lowest BCUT2D eigenvalue weighted by molar-refractivity contribution is 0.0932. The predicted molar refractivity (Wildman–Crippen MR) is 87.1 cm³/mol. The summed E-state index contributed by atoms with van der Waals surface area (Å²) in [5, 5.41) is 7.14. The van der Waals surface area contributed by atoms with E-state index in [1.807, 2.05) is 30.3 Å². The van der Waals surface area contributed by atoms with Crippen LogP contribution in [0.15, 0.2) is 59.1 Å². The van der Waals surface area contributed by atoms with Crippen molar-refractivity contribution in [2.24, 2.45) is 0 Å². The molecule has 0 fully saturated rings. The second kappa shape index (κ2) is 6.62. The number of aromatic nitrogens is 2. The Hall–Kier alpha value is -2.66. The molecule has 0 spiro atoms. The zero-order valence-electron chi connectivity index (χ0n) is 12.4. The lowest BCUT2D eigenvalue weighted by Crippen LogP contribution is -2.27. The summed E-state index contributed by atoms with van der Waals surface area (Å²) in [6.07, 6.45) is 0. The van der Waals surface area contributed by atoms with Gasteiger partial charge in [-0.05, 0) is 19.1 Å². The Morgan fingerprint density at radius 3 is 2.57 bits per heavy atom. The molecule has 3 aromatic rings. The number of nitrogens with zero attached hydrogens (tertiary/aromatic N) is 2. The highest BCUT2D eigenvalue weighted by atomic mass is 35.5. The zero-order chi connectivity index (χ0) is 16.2. The van der Waals surface area contributed by atoms with Crippen molar-refractivity contribution in [3.8, 4) is 11.4 Å². The minimum Gasteiger partial charge on any atom is -0.340 e. The van der Waals surface area contributed by atoms with Crippen molar-refractivity contribution in [3.63, 3.8) is 0 Å². The molecule has 6 heteroatoms. The number of hydrogen-bond donors (Lipinski definition) is 1. The first kappa shape index (κ1) is 15.2. The summed E-state index contributed by atoms with van der Waals surface area (Å²) in [4.78, 5) is 16.6. The second-order valence-electron chi connectivity index (χ2n) is 5.00. The quantitative estimate of drug-likeness (QED) is 0.789. The highest BCUT2D eigenvalue weighted by Crippen LogP contribution is 2.20. The van der Waals surface area contributed by atoms with Crippen molar-refractivity contribution in [1.29, 1.82) is 0 Å². The predicted octanol–water partition coefficient (Wildman–Crippen LogP) is 3.88. The Kier molecular flexibility index (Phi) is 4.39. The SMILES string of the molecule is C[C@H](NC(=O)c1ccccc1Cl)c1nc(-c2ccccc2)no1. The maximum atomic E-state index is 12.2.